The predicted octanol–water partition coefficient (Wildman–Crippen LogP) is 5.73. The minimum Gasteiger partial charge on any atom is -0.508 e. The van der Waals surface area contributed by atoms with Crippen LogP contribution in [0, 0.1) is 17.8 Å². The molecular formula is C30H28ClF6NO6. The van der Waals surface area contributed by atoms with E-state index < -0.39 is 78.1 Å². The first kappa shape index (κ1) is 33.5. The topological polar surface area (TPSA) is 118 Å². The molecule has 0 radical (unpaired) electrons. The van der Waals surface area contributed by atoms with Crippen molar-refractivity contribution in [3.05, 3.63) is 74.8 Å². The number of hydrogen-bond acceptors (Lipinski definition) is 6. The van der Waals surface area contributed by atoms with E-state index in [1.165, 1.54) is 12.1 Å². The first-order valence-corrected chi connectivity index (χ1v) is 13.8. The van der Waals surface area contributed by atoms with Gasteiger partial charge in [0.2, 0.25) is 11.8 Å². The number of nitrogens with zero attached hydrogens (tertiary/aromatic N) is 1. The van der Waals surface area contributed by atoms with Crippen molar-refractivity contribution in [2.24, 2.45) is 17.8 Å². The van der Waals surface area contributed by atoms with E-state index >= 15 is 0 Å². The average molecular weight is 648 g/mol. The Hall–Kier alpha value is -3.39. The third-order valence-corrected chi connectivity index (χ3v) is 8.29. The fourth-order valence-corrected chi connectivity index (χ4v) is 6.15. The molecule has 2 aliphatic rings. The van der Waals surface area contributed by atoms with Gasteiger partial charge in [0.15, 0.2) is 0 Å². The number of phenolic OH excluding ortho intramolecular Hbond substituents is 1. The van der Waals surface area contributed by atoms with Crippen LogP contribution in [0.5, 0.6) is 5.75 Å². The highest BCUT2D eigenvalue weighted by molar-refractivity contribution is 6.32. The van der Waals surface area contributed by atoms with Gasteiger partial charge in [-0.25, -0.2) is 4.90 Å². The summed E-state index contributed by atoms with van der Waals surface area (Å²) in [7, 11) is 0. The predicted molar refractivity (Wildman–Crippen MR) is 147 cm³/mol. The number of fused-ring (bicyclic) bond motifs is 1. The Bertz CT molecular complexity index is 1490. The van der Waals surface area contributed by atoms with Crippen LogP contribution in [0.15, 0.2) is 53.1 Å². The van der Waals surface area contributed by atoms with E-state index in [1.807, 2.05) is 0 Å². The number of phenols is 1. The SMILES string of the molecule is C/C(=C\c1ccc(O)cc1Cl)CC[C@@H](O)C1=C(CO)C[C@H]2C(=O)N(c3cc(C(F)(F)F)cc(C(F)(F)F)c3)C(=O)[C@H]2[C@H]1CO. The molecule has 4 rings (SSSR count). The van der Waals surface area contributed by atoms with Crippen LogP contribution in [0.25, 0.3) is 6.08 Å². The Balaban J connectivity index is 1.64. The molecule has 2 aromatic carbocycles. The highest BCUT2D eigenvalue weighted by Crippen LogP contribution is 2.48. The lowest BCUT2D eigenvalue weighted by Crippen LogP contribution is -2.39. The van der Waals surface area contributed by atoms with E-state index in [2.05, 4.69) is 0 Å². The monoisotopic (exact) mass is 647 g/mol. The van der Waals surface area contributed by atoms with Gasteiger partial charge < -0.3 is 20.4 Å². The quantitative estimate of drug-likeness (QED) is 0.165. The number of imide groups is 1. The van der Waals surface area contributed by atoms with Crippen LogP contribution in [0.2, 0.25) is 5.02 Å². The van der Waals surface area contributed by atoms with Crippen molar-refractivity contribution in [2.45, 2.75) is 44.6 Å². The summed E-state index contributed by atoms with van der Waals surface area (Å²) in [5.74, 6) is -6.15. The number of hydrogen-bond donors (Lipinski definition) is 4. The number of amides is 2. The fraction of sp³-hybridized carbons (Fsp3) is 0.400. The molecule has 2 amide bonds. The van der Waals surface area contributed by atoms with Crippen molar-refractivity contribution < 1.29 is 56.4 Å². The van der Waals surface area contributed by atoms with Crippen LogP contribution in [0.1, 0.15) is 42.9 Å². The van der Waals surface area contributed by atoms with E-state index in [4.69, 9.17) is 11.6 Å². The summed E-state index contributed by atoms with van der Waals surface area (Å²) in [5.41, 5.74) is -2.76. The molecule has 0 spiro atoms. The Morgan fingerprint density at radius 3 is 2.16 bits per heavy atom. The Kier molecular flexibility index (Phi) is 9.55. The molecule has 0 bridgehead atoms. The molecule has 1 aliphatic carbocycles. The number of halogens is 7. The van der Waals surface area contributed by atoms with E-state index in [0.717, 1.165) is 5.57 Å². The molecule has 0 saturated carbocycles. The molecule has 4 N–H and O–H groups in total. The summed E-state index contributed by atoms with van der Waals surface area (Å²) < 4.78 is 80.9. The Labute approximate surface area is 252 Å². The van der Waals surface area contributed by atoms with Crippen molar-refractivity contribution in [1.29, 1.82) is 0 Å². The maximum Gasteiger partial charge on any atom is 0.416 e. The number of benzene rings is 2. The lowest BCUT2D eigenvalue weighted by atomic mass is 9.68. The van der Waals surface area contributed by atoms with Crippen LogP contribution >= 0.6 is 11.6 Å². The van der Waals surface area contributed by atoms with Crippen molar-refractivity contribution >= 4 is 35.2 Å². The zero-order valence-corrected chi connectivity index (χ0v) is 23.8. The standard InChI is InChI=1S/C30H28ClF6NO6/c1-14(6-15-3-4-20(41)11-23(15)31)2-5-24(42)25-16(12-39)7-21-26(22(25)13-40)28(44)38(27(21)43)19-9-17(29(32,33)34)8-18(10-19)30(35,36)37/h3-4,6,8-11,21-22,24,26,39-42H,2,5,7,12-13H2,1H3/b14-6+/t21-,22+,24-,26-/m1/s1. The summed E-state index contributed by atoms with van der Waals surface area (Å²) in [6.45, 7) is 0.282. The number of carbonyl (C=O) groups excluding carboxylic acids is 2. The lowest BCUT2D eigenvalue weighted by Gasteiger charge is -2.36. The van der Waals surface area contributed by atoms with Gasteiger partial charge >= 0.3 is 12.4 Å². The largest absolute Gasteiger partial charge is 0.508 e. The molecule has 1 aliphatic heterocycles. The second kappa shape index (κ2) is 12.5. The average Bonchev–Trinajstić information content (AvgIpc) is 3.19. The molecule has 0 unspecified atom stereocenters. The zero-order chi connectivity index (χ0) is 32.7. The first-order valence-electron chi connectivity index (χ1n) is 13.4. The Morgan fingerprint density at radius 1 is 1.02 bits per heavy atom. The minimum atomic E-state index is -5.22. The molecule has 44 heavy (non-hydrogen) atoms. The Morgan fingerprint density at radius 2 is 1.64 bits per heavy atom. The van der Waals surface area contributed by atoms with E-state index in [9.17, 15) is 56.4 Å². The van der Waals surface area contributed by atoms with Crippen LogP contribution in [0.4, 0.5) is 32.0 Å². The van der Waals surface area contributed by atoms with Crippen LogP contribution in [-0.4, -0.2) is 51.6 Å². The molecule has 7 nitrogen and oxygen atoms in total. The summed E-state index contributed by atoms with van der Waals surface area (Å²) >= 11 is 6.14. The van der Waals surface area contributed by atoms with Crippen molar-refractivity contribution in [3.63, 3.8) is 0 Å². The molecule has 4 atom stereocenters. The highest BCUT2D eigenvalue weighted by Gasteiger charge is 2.55. The number of rotatable bonds is 8. The summed E-state index contributed by atoms with van der Waals surface area (Å²) in [4.78, 5) is 27.2. The normalized spacial score (nSPS) is 22.1. The molecule has 14 heteroatoms. The van der Waals surface area contributed by atoms with Gasteiger partial charge in [-0.2, -0.15) is 26.3 Å². The molecule has 1 fully saturated rings. The number of anilines is 1. The van der Waals surface area contributed by atoms with E-state index in [-0.39, 0.29) is 64.3 Å². The van der Waals surface area contributed by atoms with Gasteiger partial charge in [0.25, 0.3) is 0 Å². The molecule has 0 aromatic heterocycles. The zero-order valence-electron chi connectivity index (χ0n) is 23.1. The minimum absolute atomic E-state index is 0.0262. The van der Waals surface area contributed by atoms with Gasteiger partial charge in [0.1, 0.15) is 5.75 Å². The van der Waals surface area contributed by atoms with E-state index in [1.54, 1.807) is 19.1 Å². The van der Waals surface area contributed by atoms with Crippen molar-refractivity contribution in [2.75, 3.05) is 18.1 Å². The molecule has 1 heterocycles. The first-order chi connectivity index (χ1) is 20.5. The number of aromatic hydroxyl groups is 1. The van der Waals surface area contributed by atoms with Crippen LogP contribution < -0.4 is 4.90 Å². The van der Waals surface area contributed by atoms with Gasteiger partial charge in [-0.3, -0.25) is 9.59 Å². The molecule has 1 saturated heterocycles. The number of aliphatic hydroxyl groups is 3. The molecule has 238 valence electrons. The second-order valence-corrected chi connectivity index (χ2v) is 11.3. The number of aliphatic hydroxyl groups excluding tert-OH is 3. The smallest absolute Gasteiger partial charge is 0.416 e. The molecule has 2 aromatic rings. The highest BCUT2D eigenvalue weighted by atomic mass is 35.5. The summed E-state index contributed by atoms with van der Waals surface area (Å²) in [6.07, 6.45) is -10.0. The lowest BCUT2D eigenvalue weighted by molar-refractivity contribution is -0.143. The number of alkyl halides is 6. The third-order valence-electron chi connectivity index (χ3n) is 7.96. The van der Waals surface area contributed by atoms with Crippen molar-refractivity contribution in [1.82, 2.24) is 0 Å². The number of carbonyl (C=O) groups is 2. The van der Waals surface area contributed by atoms with Gasteiger partial charge in [0, 0.05) is 5.92 Å². The van der Waals surface area contributed by atoms with E-state index in [0.29, 0.717) is 5.56 Å². The summed E-state index contributed by atoms with van der Waals surface area (Å²) in [6, 6.07) is 4.82. The van der Waals surface area contributed by atoms with Gasteiger partial charge in [-0.05, 0) is 79.3 Å². The summed E-state index contributed by atoms with van der Waals surface area (Å²) in [5, 5.41) is 41.4. The van der Waals surface area contributed by atoms with Gasteiger partial charge in [-0.15, -0.1) is 0 Å². The maximum absolute atomic E-state index is 13.6. The van der Waals surface area contributed by atoms with Crippen molar-refractivity contribution in [3.8, 4) is 5.75 Å². The van der Waals surface area contributed by atoms with Crippen LogP contribution in [-0.2, 0) is 21.9 Å². The molecular weight excluding hydrogens is 620 g/mol. The van der Waals surface area contributed by atoms with Crippen LogP contribution in [0.3, 0.4) is 0 Å². The van der Waals surface area contributed by atoms with Gasteiger partial charge in [-0.1, -0.05) is 23.3 Å². The fourth-order valence-electron chi connectivity index (χ4n) is 5.92. The third kappa shape index (κ3) is 6.65. The van der Waals surface area contributed by atoms with Gasteiger partial charge in [0.05, 0.1) is 53.0 Å². The maximum atomic E-state index is 13.6. The second-order valence-electron chi connectivity index (χ2n) is 10.9. The number of allylic oxidation sites excluding steroid dienone is 1.